The quantitative estimate of drug-likeness (QED) is 0.809. The molecule has 2 rings (SSSR count). The number of nitrogens with zero attached hydrogens (tertiary/aromatic N) is 1. The van der Waals surface area contributed by atoms with Gasteiger partial charge in [0.15, 0.2) is 0 Å². The molecule has 5 heteroatoms. The molecule has 0 heterocycles. The molecular formula is C16H14INO3. The Bertz CT molecular complexity index is 667. The van der Waals surface area contributed by atoms with Gasteiger partial charge in [-0.15, -0.1) is 0 Å². The molecule has 0 saturated carbocycles. The van der Waals surface area contributed by atoms with Gasteiger partial charge in [-0.1, -0.05) is 23.8 Å². The molecule has 21 heavy (non-hydrogen) atoms. The Kier molecular flexibility index (Phi) is 4.95. The van der Waals surface area contributed by atoms with E-state index in [2.05, 4.69) is 22.6 Å². The van der Waals surface area contributed by atoms with Gasteiger partial charge in [0.1, 0.15) is 6.54 Å². The number of carboxylic acid groups (broad SMARTS) is 1. The second kappa shape index (κ2) is 6.71. The van der Waals surface area contributed by atoms with Crippen LogP contribution in [0.1, 0.15) is 15.9 Å². The number of benzene rings is 2. The highest BCUT2D eigenvalue weighted by atomic mass is 127. The minimum atomic E-state index is -1.05. The highest BCUT2D eigenvalue weighted by molar-refractivity contribution is 14.1. The molecule has 0 aliphatic rings. The average molecular weight is 395 g/mol. The molecule has 0 atom stereocenters. The van der Waals surface area contributed by atoms with Crippen molar-refractivity contribution in [2.75, 3.05) is 11.4 Å². The molecule has 0 aliphatic heterocycles. The van der Waals surface area contributed by atoms with Crippen LogP contribution in [0, 0.1) is 10.5 Å². The summed E-state index contributed by atoms with van der Waals surface area (Å²) in [5.41, 5.74) is 2.10. The number of aryl methyl sites for hydroxylation is 1. The zero-order chi connectivity index (χ0) is 15.4. The van der Waals surface area contributed by atoms with E-state index in [1.54, 1.807) is 30.3 Å². The first kappa shape index (κ1) is 15.5. The minimum absolute atomic E-state index is 0.320. The maximum Gasteiger partial charge on any atom is 0.323 e. The number of hydrogen-bond acceptors (Lipinski definition) is 2. The summed E-state index contributed by atoms with van der Waals surface area (Å²) in [6, 6.07) is 14.3. The molecule has 1 amide bonds. The van der Waals surface area contributed by atoms with E-state index in [0.717, 1.165) is 9.13 Å². The molecule has 0 aliphatic carbocycles. The maximum absolute atomic E-state index is 12.6. The lowest BCUT2D eigenvalue weighted by Crippen LogP contribution is -2.35. The van der Waals surface area contributed by atoms with E-state index in [0.29, 0.717) is 11.3 Å². The highest BCUT2D eigenvalue weighted by Crippen LogP contribution is 2.19. The third kappa shape index (κ3) is 4.04. The zero-order valence-electron chi connectivity index (χ0n) is 11.4. The maximum atomic E-state index is 12.6. The number of carboxylic acids is 1. The van der Waals surface area contributed by atoms with Gasteiger partial charge in [-0.3, -0.25) is 14.5 Å². The molecule has 4 nitrogen and oxygen atoms in total. The van der Waals surface area contributed by atoms with E-state index < -0.39 is 5.97 Å². The van der Waals surface area contributed by atoms with Crippen LogP contribution in [-0.2, 0) is 4.79 Å². The fourth-order valence-electron chi connectivity index (χ4n) is 1.92. The molecule has 0 radical (unpaired) electrons. The van der Waals surface area contributed by atoms with E-state index in [1.165, 1.54) is 4.90 Å². The van der Waals surface area contributed by atoms with Crippen LogP contribution in [0.3, 0.4) is 0 Å². The van der Waals surface area contributed by atoms with Gasteiger partial charge < -0.3 is 5.11 Å². The number of carbonyl (C=O) groups is 2. The van der Waals surface area contributed by atoms with Gasteiger partial charge in [-0.2, -0.15) is 0 Å². The fourth-order valence-corrected chi connectivity index (χ4v) is 2.46. The zero-order valence-corrected chi connectivity index (χ0v) is 13.6. The number of halogens is 1. The predicted molar refractivity (Wildman–Crippen MR) is 89.7 cm³/mol. The molecule has 108 valence electrons. The Hall–Kier alpha value is -1.89. The molecule has 0 fully saturated rings. The van der Waals surface area contributed by atoms with Crippen molar-refractivity contribution in [1.29, 1.82) is 0 Å². The van der Waals surface area contributed by atoms with Gasteiger partial charge in [0.25, 0.3) is 5.91 Å². The highest BCUT2D eigenvalue weighted by Gasteiger charge is 2.20. The van der Waals surface area contributed by atoms with Crippen molar-refractivity contribution in [3.8, 4) is 0 Å². The van der Waals surface area contributed by atoms with Gasteiger partial charge >= 0.3 is 5.97 Å². The number of aliphatic carboxylic acids is 1. The van der Waals surface area contributed by atoms with Crippen molar-refractivity contribution in [3.05, 3.63) is 63.2 Å². The summed E-state index contributed by atoms with van der Waals surface area (Å²) in [5, 5.41) is 9.05. The second-order valence-electron chi connectivity index (χ2n) is 4.63. The van der Waals surface area contributed by atoms with Crippen LogP contribution in [0.25, 0.3) is 0 Å². The van der Waals surface area contributed by atoms with Crippen LogP contribution in [0.15, 0.2) is 48.5 Å². The van der Waals surface area contributed by atoms with E-state index in [9.17, 15) is 9.59 Å². The van der Waals surface area contributed by atoms with E-state index in [4.69, 9.17) is 5.11 Å². The number of anilines is 1. The number of hydrogen-bond donors (Lipinski definition) is 1. The summed E-state index contributed by atoms with van der Waals surface area (Å²) in [4.78, 5) is 24.9. The van der Waals surface area contributed by atoms with Gasteiger partial charge in [0.05, 0.1) is 0 Å². The summed E-state index contributed by atoms with van der Waals surface area (Å²) < 4.78 is 0.928. The molecule has 2 aromatic rings. The molecule has 0 saturated heterocycles. The first-order chi connectivity index (χ1) is 9.97. The van der Waals surface area contributed by atoms with Crippen molar-refractivity contribution < 1.29 is 14.7 Å². The molecular weight excluding hydrogens is 381 g/mol. The third-order valence-corrected chi connectivity index (χ3v) is 3.63. The van der Waals surface area contributed by atoms with Crippen LogP contribution in [0.4, 0.5) is 5.69 Å². The van der Waals surface area contributed by atoms with Crippen LogP contribution in [0.5, 0.6) is 0 Å². The Balaban J connectivity index is 2.38. The summed E-state index contributed by atoms with van der Waals surface area (Å²) in [6.07, 6.45) is 0. The first-order valence-corrected chi connectivity index (χ1v) is 7.41. The molecule has 0 bridgehead atoms. The van der Waals surface area contributed by atoms with E-state index >= 15 is 0 Å². The van der Waals surface area contributed by atoms with Crippen molar-refractivity contribution in [1.82, 2.24) is 0 Å². The summed E-state index contributed by atoms with van der Waals surface area (Å²) in [6.45, 7) is 1.57. The monoisotopic (exact) mass is 395 g/mol. The number of rotatable bonds is 4. The molecule has 0 unspecified atom stereocenters. The standard InChI is InChI=1S/C16H14INO3/c1-11-5-7-14(8-6-11)18(10-15(19)20)16(21)12-3-2-4-13(17)9-12/h2-9H,10H2,1H3,(H,19,20). The largest absolute Gasteiger partial charge is 0.480 e. The lowest BCUT2D eigenvalue weighted by molar-refractivity contribution is -0.135. The average Bonchev–Trinajstić information content (AvgIpc) is 2.45. The van der Waals surface area contributed by atoms with Crippen LogP contribution < -0.4 is 4.90 Å². The summed E-state index contributed by atoms with van der Waals surface area (Å²) in [5.74, 6) is -1.37. The Labute approximate surface area is 136 Å². The molecule has 0 aromatic heterocycles. The van der Waals surface area contributed by atoms with Gasteiger partial charge in [0, 0.05) is 14.8 Å². The van der Waals surface area contributed by atoms with Crippen LogP contribution >= 0.6 is 22.6 Å². The lowest BCUT2D eigenvalue weighted by atomic mass is 10.1. The van der Waals surface area contributed by atoms with E-state index in [-0.39, 0.29) is 12.5 Å². The van der Waals surface area contributed by atoms with Crippen molar-refractivity contribution >= 4 is 40.2 Å². The first-order valence-electron chi connectivity index (χ1n) is 6.33. The van der Waals surface area contributed by atoms with Crippen molar-refractivity contribution in [2.45, 2.75) is 6.92 Å². The van der Waals surface area contributed by atoms with Gasteiger partial charge in [-0.05, 0) is 59.8 Å². The Morgan fingerprint density at radius 2 is 1.81 bits per heavy atom. The SMILES string of the molecule is Cc1ccc(N(CC(=O)O)C(=O)c2cccc(I)c2)cc1. The van der Waals surface area contributed by atoms with Crippen molar-refractivity contribution in [2.24, 2.45) is 0 Å². The van der Waals surface area contributed by atoms with Crippen LogP contribution in [-0.4, -0.2) is 23.5 Å². The number of carbonyl (C=O) groups excluding carboxylic acids is 1. The second-order valence-corrected chi connectivity index (χ2v) is 5.88. The Morgan fingerprint density at radius 3 is 2.38 bits per heavy atom. The lowest BCUT2D eigenvalue weighted by Gasteiger charge is -2.21. The number of amides is 1. The predicted octanol–water partition coefficient (Wildman–Crippen LogP) is 3.33. The Morgan fingerprint density at radius 1 is 1.14 bits per heavy atom. The smallest absolute Gasteiger partial charge is 0.323 e. The van der Waals surface area contributed by atoms with Crippen molar-refractivity contribution in [3.63, 3.8) is 0 Å². The van der Waals surface area contributed by atoms with E-state index in [1.807, 2.05) is 25.1 Å². The molecule has 1 N–H and O–H groups in total. The normalized spacial score (nSPS) is 10.2. The summed E-state index contributed by atoms with van der Waals surface area (Å²) >= 11 is 2.12. The third-order valence-electron chi connectivity index (χ3n) is 2.96. The fraction of sp³-hybridized carbons (Fsp3) is 0.125. The topological polar surface area (TPSA) is 57.6 Å². The van der Waals surface area contributed by atoms with Crippen LogP contribution in [0.2, 0.25) is 0 Å². The van der Waals surface area contributed by atoms with Gasteiger partial charge in [0.2, 0.25) is 0 Å². The molecule has 2 aromatic carbocycles. The summed E-state index contributed by atoms with van der Waals surface area (Å²) in [7, 11) is 0. The molecule has 0 spiro atoms. The minimum Gasteiger partial charge on any atom is -0.480 e. The van der Waals surface area contributed by atoms with Gasteiger partial charge in [-0.25, -0.2) is 0 Å².